The summed E-state index contributed by atoms with van der Waals surface area (Å²) in [5, 5.41) is 6.69. The molecule has 0 bridgehead atoms. The Hall–Kier alpha value is -3.13. The second-order valence-electron chi connectivity index (χ2n) is 7.11. The third-order valence-corrected chi connectivity index (χ3v) is 5.88. The van der Waals surface area contributed by atoms with Crippen LogP contribution in [0.2, 0.25) is 0 Å². The number of benzene rings is 2. The molecule has 1 saturated heterocycles. The van der Waals surface area contributed by atoms with Crippen LogP contribution < -0.4 is 5.32 Å². The van der Waals surface area contributed by atoms with E-state index in [1.54, 1.807) is 43.3 Å². The molecule has 0 aliphatic carbocycles. The average molecular weight is 423 g/mol. The molecule has 3 aromatic rings. The van der Waals surface area contributed by atoms with Gasteiger partial charge in [0.1, 0.15) is 0 Å². The van der Waals surface area contributed by atoms with Crippen molar-refractivity contribution in [1.82, 2.24) is 15.0 Å². The predicted molar refractivity (Wildman–Crippen MR) is 117 cm³/mol. The number of anilines is 1. The number of aromatic nitrogens is 2. The van der Waals surface area contributed by atoms with E-state index in [0.717, 1.165) is 35.7 Å². The molecule has 2 aromatic carbocycles. The van der Waals surface area contributed by atoms with E-state index < -0.39 is 0 Å². The predicted octanol–water partition coefficient (Wildman–Crippen LogP) is 3.79. The van der Waals surface area contributed by atoms with Crippen molar-refractivity contribution in [2.24, 2.45) is 0 Å². The summed E-state index contributed by atoms with van der Waals surface area (Å²) in [6, 6.07) is 12.4. The molecule has 0 radical (unpaired) electrons. The van der Waals surface area contributed by atoms with Crippen molar-refractivity contribution in [1.29, 1.82) is 0 Å². The van der Waals surface area contributed by atoms with E-state index in [1.807, 2.05) is 29.7 Å². The Morgan fingerprint density at radius 1 is 1.03 bits per heavy atom. The van der Waals surface area contributed by atoms with Gasteiger partial charge in [-0.3, -0.25) is 9.59 Å². The van der Waals surface area contributed by atoms with Crippen molar-refractivity contribution in [2.45, 2.75) is 13.8 Å². The molecule has 8 heteroatoms. The highest BCUT2D eigenvalue weighted by Crippen LogP contribution is 2.21. The number of amides is 2. The first kappa shape index (κ1) is 20.2. The molecule has 1 aliphatic rings. The summed E-state index contributed by atoms with van der Waals surface area (Å²) in [4.78, 5) is 31.4. The first-order valence-corrected chi connectivity index (χ1v) is 10.9. The lowest BCUT2D eigenvalue weighted by Crippen LogP contribution is -2.37. The van der Waals surface area contributed by atoms with E-state index >= 15 is 0 Å². The molecule has 0 atom stereocenters. The zero-order valence-electron chi connectivity index (χ0n) is 16.8. The number of carbonyl (C=O) groups excluding carboxylic acids is 2. The minimum Gasteiger partial charge on any atom is -0.337 e. The van der Waals surface area contributed by atoms with Crippen LogP contribution in [-0.2, 0) is 0 Å². The number of aryl methyl sites for hydroxylation is 2. The van der Waals surface area contributed by atoms with Gasteiger partial charge in [0.05, 0.1) is 0 Å². The van der Waals surface area contributed by atoms with Crippen LogP contribution in [-0.4, -0.2) is 51.5 Å². The molecule has 1 aromatic heterocycles. The molecular weight excluding hydrogens is 400 g/mol. The van der Waals surface area contributed by atoms with Crippen molar-refractivity contribution in [3.63, 3.8) is 0 Å². The van der Waals surface area contributed by atoms with Crippen LogP contribution in [0, 0.1) is 13.8 Å². The van der Waals surface area contributed by atoms with Gasteiger partial charge in [0.15, 0.2) is 5.82 Å². The van der Waals surface area contributed by atoms with E-state index in [4.69, 9.17) is 4.52 Å². The number of thioether (sulfide) groups is 1. The summed E-state index contributed by atoms with van der Waals surface area (Å²) in [6.07, 6.45) is 0. The van der Waals surface area contributed by atoms with Crippen LogP contribution in [0.25, 0.3) is 11.5 Å². The lowest BCUT2D eigenvalue weighted by Gasteiger charge is -2.26. The molecule has 30 heavy (non-hydrogen) atoms. The molecule has 154 valence electrons. The number of hydrogen-bond acceptors (Lipinski definition) is 6. The third kappa shape index (κ3) is 4.38. The quantitative estimate of drug-likeness (QED) is 0.688. The van der Waals surface area contributed by atoms with Crippen LogP contribution >= 0.6 is 11.8 Å². The zero-order chi connectivity index (χ0) is 21.1. The van der Waals surface area contributed by atoms with Gasteiger partial charge in [0.2, 0.25) is 0 Å². The van der Waals surface area contributed by atoms with Gasteiger partial charge in [-0.15, -0.1) is 0 Å². The monoisotopic (exact) mass is 422 g/mol. The fraction of sp³-hybridized carbons (Fsp3) is 0.273. The first-order valence-electron chi connectivity index (χ1n) is 9.71. The van der Waals surface area contributed by atoms with Crippen molar-refractivity contribution < 1.29 is 14.1 Å². The maximum atomic E-state index is 12.7. The molecule has 2 heterocycles. The van der Waals surface area contributed by atoms with Gasteiger partial charge in [-0.05, 0) is 61.9 Å². The summed E-state index contributed by atoms with van der Waals surface area (Å²) >= 11 is 1.87. The topological polar surface area (TPSA) is 88.3 Å². The Labute approximate surface area is 178 Å². The van der Waals surface area contributed by atoms with Gasteiger partial charge in [0.25, 0.3) is 17.7 Å². The Bertz CT molecular complexity index is 1070. The SMILES string of the molecule is Cc1noc(-c2ccc(C(=O)Nc3ccc(C(=O)N4CCSCC4)cc3C)cc2)n1. The van der Waals surface area contributed by atoms with Gasteiger partial charge in [-0.25, -0.2) is 0 Å². The molecule has 1 fully saturated rings. The van der Waals surface area contributed by atoms with Crippen LogP contribution in [0.15, 0.2) is 47.0 Å². The second kappa shape index (κ2) is 8.71. The molecular formula is C22H22N4O3S. The molecule has 4 rings (SSSR count). The van der Waals surface area contributed by atoms with Crippen molar-refractivity contribution >= 4 is 29.3 Å². The summed E-state index contributed by atoms with van der Waals surface area (Å²) in [5.74, 6) is 2.75. The number of carbonyl (C=O) groups is 2. The summed E-state index contributed by atoms with van der Waals surface area (Å²) in [7, 11) is 0. The van der Waals surface area contributed by atoms with E-state index in [0.29, 0.717) is 28.5 Å². The Morgan fingerprint density at radius 3 is 2.37 bits per heavy atom. The van der Waals surface area contributed by atoms with Gasteiger partial charge in [0, 0.05) is 47.0 Å². The molecule has 1 aliphatic heterocycles. The lowest BCUT2D eigenvalue weighted by atomic mass is 10.1. The minimum absolute atomic E-state index is 0.0446. The van der Waals surface area contributed by atoms with Gasteiger partial charge < -0.3 is 14.7 Å². The summed E-state index contributed by atoms with van der Waals surface area (Å²) in [6.45, 7) is 5.20. The van der Waals surface area contributed by atoms with E-state index in [2.05, 4.69) is 15.5 Å². The second-order valence-corrected chi connectivity index (χ2v) is 8.34. The molecule has 7 nitrogen and oxygen atoms in total. The standard InChI is InChI=1S/C22H22N4O3S/c1-14-13-18(22(28)26-9-11-30-12-10-26)7-8-19(14)24-20(27)16-3-5-17(6-4-16)21-23-15(2)25-29-21/h3-8,13H,9-12H2,1-2H3,(H,24,27). The Kier molecular flexibility index (Phi) is 5.85. The highest BCUT2D eigenvalue weighted by atomic mass is 32.2. The maximum Gasteiger partial charge on any atom is 0.257 e. The van der Waals surface area contributed by atoms with Gasteiger partial charge in [-0.1, -0.05) is 5.16 Å². The van der Waals surface area contributed by atoms with E-state index in [-0.39, 0.29) is 11.8 Å². The molecule has 0 spiro atoms. The third-order valence-electron chi connectivity index (χ3n) is 4.94. The minimum atomic E-state index is -0.224. The Morgan fingerprint density at radius 2 is 1.73 bits per heavy atom. The van der Waals surface area contributed by atoms with Gasteiger partial charge >= 0.3 is 0 Å². The van der Waals surface area contributed by atoms with Crippen LogP contribution in [0.3, 0.4) is 0 Å². The van der Waals surface area contributed by atoms with Gasteiger partial charge in [-0.2, -0.15) is 16.7 Å². The number of rotatable bonds is 4. The van der Waals surface area contributed by atoms with Crippen molar-refractivity contribution in [3.8, 4) is 11.5 Å². The number of hydrogen-bond donors (Lipinski definition) is 1. The molecule has 0 unspecified atom stereocenters. The molecule has 1 N–H and O–H groups in total. The summed E-state index contributed by atoms with van der Waals surface area (Å²) in [5.41, 5.74) is 3.44. The van der Waals surface area contributed by atoms with Crippen LogP contribution in [0.5, 0.6) is 0 Å². The largest absolute Gasteiger partial charge is 0.337 e. The zero-order valence-corrected chi connectivity index (χ0v) is 17.7. The first-order chi connectivity index (χ1) is 14.5. The molecule has 2 amide bonds. The van der Waals surface area contributed by atoms with Crippen LogP contribution in [0.1, 0.15) is 32.1 Å². The fourth-order valence-electron chi connectivity index (χ4n) is 3.26. The Balaban J connectivity index is 1.44. The fourth-order valence-corrected chi connectivity index (χ4v) is 4.16. The number of nitrogens with zero attached hydrogens (tertiary/aromatic N) is 3. The molecule has 0 saturated carbocycles. The van der Waals surface area contributed by atoms with E-state index in [1.165, 1.54) is 0 Å². The smallest absolute Gasteiger partial charge is 0.257 e. The van der Waals surface area contributed by atoms with Crippen LogP contribution in [0.4, 0.5) is 5.69 Å². The lowest BCUT2D eigenvalue weighted by molar-refractivity contribution is 0.0772. The van der Waals surface area contributed by atoms with Crippen molar-refractivity contribution in [2.75, 3.05) is 29.9 Å². The van der Waals surface area contributed by atoms with Crippen molar-refractivity contribution in [3.05, 3.63) is 65.0 Å². The number of nitrogens with one attached hydrogen (secondary N) is 1. The average Bonchev–Trinajstić information content (AvgIpc) is 3.21. The highest BCUT2D eigenvalue weighted by Gasteiger charge is 2.19. The maximum absolute atomic E-state index is 12.7. The summed E-state index contributed by atoms with van der Waals surface area (Å²) < 4.78 is 5.14. The van der Waals surface area contributed by atoms with E-state index in [9.17, 15) is 9.59 Å². The normalized spacial score (nSPS) is 13.9. The highest BCUT2D eigenvalue weighted by molar-refractivity contribution is 7.99.